The Morgan fingerprint density at radius 2 is 2.24 bits per heavy atom. The molecule has 0 radical (unpaired) electrons. The number of carbonyl (C=O) groups excluding carboxylic acids is 1. The van der Waals surface area contributed by atoms with Crippen LogP contribution in [0.1, 0.15) is 38.2 Å². The van der Waals surface area contributed by atoms with Gasteiger partial charge in [-0.15, -0.1) is 0 Å². The van der Waals surface area contributed by atoms with E-state index < -0.39 is 10.3 Å². The summed E-state index contributed by atoms with van der Waals surface area (Å²) in [6.07, 6.45) is 4.67. The largest absolute Gasteiger partial charge is 0.363 e. The molecule has 1 aromatic heterocycles. The molecule has 0 amide bonds. The second-order valence-corrected chi connectivity index (χ2v) is 4.37. The van der Waals surface area contributed by atoms with E-state index in [2.05, 4.69) is 4.98 Å². The van der Waals surface area contributed by atoms with E-state index in [9.17, 15) is 14.9 Å². The maximum absolute atomic E-state index is 12.0. The first-order valence-electron chi connectivity index (χ1n) is 5.74. The summed E-state index contributed by atoms with van der Waals surface area (Å²) < 4.78 is 0. The fraction of sp³-hybridized carbons (Fsp3) is 0.500. The highest BCUT2D eigenvalue weighted by Crippen LogP contribution is 2.45. The van der Waals surface area contributed by atoms with Crippen LogP contribution in [0.4, 0.5) is 5.82 Å². The summed E-state index contributed by atoms with van der Waals surface area (Å²) in [5, 5.41) is 10.5. The second-order valence-electron chi connectivity index (χ2n) is 4.37. The minimum absolute atomic E-state index is 0.174. The Labute approximate surface area is 99.0 Å². The topological polar surface area (TPSA) is 73.1 Å². The van der Waals surface area contributed by atoms with Gasteiger partial charge in [0.2, 0.25) is 0 Å². The number of nitrogens with zero attached hydrogens (tertiary/aromatic N) is 2. The van der Waals surface area contributed by atoms with Crippen molar-refractivity contribution < 1.29 is 9.72 Å². The van der Waals surface area contributed by atoms with Gasteiger partial charge in [-0.25, -0.2) is 0 Å². The van der Waals surface area contributed by atoms with Crippen LogP contribution in [0.3, 0.4) is 0 Å². The molecule has 5 nitrogen and oxygen atoms in total. The van der Waals surface area contributed by atoms with Gasteiger partial charge < -0.3 is 10.1 Å². The monoisotopic (exact) mass is 234 g/mol. The minimum Gasteiger partial charge on any atom is -0.358 e. The average molecular weight is 234 g/mol. The van der Waals surface area contributed by atoms with E-state index in [1.54, 1.807) is 6.07 Å². The molecule has 1 aromatic rings. The molecule has 2 rings (SSSR count). The van der Waals surface area contributed by atoms with Crippen molar-refractivity contribution in [3.63, 3.8) is 0 Å². The molecular weight excluding hydrogens is 220 g/mol. The minimum atomic E-state index is -0.529. The fourth-order valence-electron chi connectivity index (χ4n) is 2.37. The molecular formula is C12H14N2O3. The first-order valence-corrected chi connectivity index (χ1v) is 5.74. The molecule has 0 aromatic carbocycles. The van der Waals surface area contributed by atoms with Gasteiger partial charge in [0.25, 0.3) is 0 Å². The Balaban J connectivity index is 2.32. The molecule has 0 N–H and O–H groups in total. The Morgan fingerprint density at radius 3 is 2.59 bits per heavy atom. The molecule has 1 fully saturated rings. The van der Waals surface area contributed by atoms with E-state index in [4.69, 9.17) is 0 Å². The number of pyridine rings is 1. The van der Waals surface area contributed by atoms with Gasteiger partial charge in [0.1, 0.15) is 12.0 Å². The van der Waals surface area contributed by atoms with Gasteiger partial charge in [-0.2, -0.15) is 0 Å². The number of nitro groups is 1. The lowest BCUT2D eigenvalue weighted by molar-refractivity contribution is -0.389. The van der Waals surface area contributed by atoms with Gasteiger partial charge in [0.05, 0.1) is 5.41 Å². The zero-order chi connectivity index (χ0) is 12.5. The van der Waals surface area contributed by atoms with Gasteiger partial charge in [-0.05, 0) is 28.8 Å². The first-order chi connectivity index (χ1) is 8.10. The maximum Gasteiger partial charge on any atom is 0.363 e. The molecule has 0 saturated heterocycles. The van der Waals surface area contributed by atoms with E-state index in [0.29, 0.717) is 6.42 Å². The third-order valence-corrected chi connectivity index (χ3v) is 3.55. The first kappa shape index (κ1) is 11.7. The highest BCUT2D eigenvalue weighted by atomic mass is 16.6. The van der Waals surface area contributed by atoms with Crippen LogP contribution in [0.5, 0.6) is 0 Å². The van der Waals surface area contributed by atoms with Crippen LogP contribution in [0.25, 0.3) is 0 Å². The van der Waals surface area contributed by atoms with E-state index in [1.165, 1.54) is 12.3 Å². The summed E-state index contributed by atoms with van der Waals surface area (Å²) in [5.74, 6) is 0.0339. The second kappa shape index (κ2) is 4.24. The lowest BCUT2D eigenvalue weighted by atomic mass is 9.62. The molecule has 1 aliphatic carbocycles. The zero-order valence-electron chi connectivity index (χ0n) is 9.68. The predicted molar refractivity (Wildman–Crippen MR) is 61.7 cm³/mol. The fourth-order valence-corrected chi connectivity index (χ4v) is 2.37. The lowest BCUT2D eigenvalue weighted by Gasteiger charge is -2.39. The van der Waals surface area contributed by atoms with Gasteiger partial charge in [-0.3, -0.25) is 4.79 Å². The molecule has 1 aliphatic rings. The normalized spacial score (nSPS) is 17.2. The molecule has 0 bridgehead atoms. The molecule has 0 spiro atoms. The number of rotatable bonds is 4. The molecule has 0 atom stereocenters. The van der Waals surface area contributed by atoms with Gasteiger partial charge in [0, 0.05) is 18.1 Å². The quantitative estimate of drug-likeness (QED) is 0.592. The van der Waals surface area contributed by atoms with Crippen LogP contribution >= 0.6 is 0 Å². The molecule has 90 valence electrons. The van der Waals surface area contributed by atoms with Crippen LogP contribution in [-0.2, 0) is 10.2 Å². The zero-order valence-corrected chi connectivity index (χ0v) is 9.68. The summed E-state index contributed by atoms with van der Waals surface area (Å²) in [5.41, 5.74) is 0.401. The summed E-state index contributed by atoms with van der Waals surface area (Å²) in [4.78, 5) is 25.7. The number of aromatic nitrogens is 1. The molecule has 1 heterocycles. The Kier molecular flexibility index (Phi) is 2.92. The number of hydrogen-bond acceptors (Lipinski definition) is 4. The van der Waals surface area contributed by atoms with Crippen LogP contribution in [-0.4, -0.2) is 15.7 Å². The van der Waals surface area contributed by atoms with Crippen molar-refractivity contribution in [2.75, 3.05) is 0 Å². The van der Waals surface area contributed by atoms with Crippen molar-refractivity contribution in [3.05, 3.63) is 34.0 Å². The summed E-state index contributed by atoms with van der Waals surface area (Å²) in [6, 6.07) is 3.04. The third kappa shape index (κ3) is 1.81. The molecule has 17 heavy (non-hydrogen) atoms. The Bertz CT molecular complexity index is 449. The summed E-state index contributed by atoms with van der Waals surface area (Å²) in [7, 11) is 0. The average Bonchev–Trinajstić information content (AvgIpc) is 2.28. The summed E-state index contributed by atoms with van der Waals surface area (Å²) in [6.45, 7) is 1.85. The van der Waals surface area contributed by atoms with Crippen molar-refractivity contribution in [3.8, 4) is 0 Å². The summed E-state index contributed by atoms with van der Waals surface area (Å²) >= 11 is 0. The van der Waals surface area contributed by atoms with Crippen LogP contribution in [0, 0.1) is 10.1 Å². The lowest BCUT2D eigenvalue weighted by Crippen LogP contribution is -2.42. The highest BCUT2D eigenvalue weighted by molar-refractivity contribution is 5.90. The standard InChI is InChI=1S/C12H14N2O3/c1-2-10(15)12(6-3-7-12)9-4-5-11(13-8-9)14(16)17/h4-5,8H,2-3,6-7H2,1H3. The molecule has 1 saturated carbocycles. The van der Waals surface area contributed by atoms with Crippen LogP contribution in [0.2, 0.25) is 0 Å². The van der Waals surface area contributed by atoms with Crippen molar-refractivity contribution >= 4 is 11.6 Å². The van der Waals surface area contributed by atoms with Crippen molar-refractivity contribution in [1.82, 2.24) is 4.98 Å². The maximum atomic E-state index is 12.0. The van der Waals surface area contributed by atoms with Gasteiger partial charge >= 0.3 is 5.82 Å². The van der Waals surface area contributed by atoms with E-state index >= 15 is 0 Å². The highest BCUT2D eigenvalue weighted by Gasteiger charge is 2.45. The smallest absolute Gasteiger partial charge is 0.358 e. The van der Waals surface area contributed by atoms with E-state index in [-0.39, 0.29) is 11.6 Å². The number of carbonyl (C=O) groups is 1. The predicted octanol–water partition coefficient (Wildman–Crippen LogP) is 2.39. The van der Waals surface area contributed by atoms with Crippen molar-refractivity contribution in [2.45, 2.75) is 38.0 Å². The SMILES string of the molecule is CCC(=O)C1(c2ccc([N+](=O)[O-])nc2)CCC1. The van der Waals surface area contributed by atoms with Crippen LogP contribution in [0.15, 0.2) is 18.3 Å². The number of hydrogen-bond donors (Lipinski definition) is 0. The molecule has 0 unspecified atom stereocenters. The van der Waals surface area contributed by atoms with Gasteiger partial charge in [0.15, 0.2) is 0 Å². The van der Waals surface area contributed by atoms with Crippen molar-refractivity contribution in [1.29, 1.82) is 0 Å². The Hall–Kier alpha value is -1.78. The van der Waals surface area contributed by atoms with Crippen LogP contribution < -0.4 is 0 Å². The molecule has 0 aliphatic heterocycles. The molecule has 5 heteroatoms. The van der Waals surface area contributed by atoms with E-state index in [1.807, 2.05) is 6.92 Å². The number of ketones is 1. The van der Waals surface area contributed by atoms with E-state index in [0.717, 1.165) is 24.8 Å². The number of Topliss-reactive ketones (excluding diaryl/α,β-unsaturated/α-hetero) is 1. The van der Waals surface area contributed by atoms with Gasteiger partial charge in [-0.1, -0.05) is 13.3 Å². The Morgan fingerprint density at radius 1 is 1.53 bits per heavy atom. The van der Waals surface area contributed by atoms with Crippen molar-refractivity contribution in [2.24, 2.45) is 0 Å². The third-order valence-electron chi connectivity index (χ3n) is 3.55.